The molecule has 0 unspecified atom stereocenters. The van der Waals surface area contributed by atoms with E-state index in [0.717, 1.165) is 18.4 Å². The number of nitrogens with one attached hydrogen (secondary N) is 1. The molecule has 26 heavy (non-hydrogen) atoms. The number of amides is 2. The molecule has 2 amide bonds. The molecule has 1 fully saturated rings. The van der Waals surface area contributed by atoms with Crippen molar-refractivity contribution in [2.75, 3.05) is 27.3 Å². The maximum Gasteiger partial charge on any atom is 0.223 e. The van der Waals surface area contributed by atoms with Crippen LogP contribution in [0, 0.1) is 11.8 Å². The fourth-order valence-electron chi connectivity index (χ4n) is 3.19. The van der Waals surface area contributed by atoms with Crippen molar-refractivity contribution >= 4 is 11.8 Å². The van der Waals surface area contributed by atoms with Crippen molar-refractivity contribution in [3.63, 3.8) is 0 Å². The van der Waals surface area contributed by atoms with Crippen molar-refractivity contribution in [1.29, 1.82) is 0 Å². The number of hydrogen-bond donors (Lipinski definition) is 1. The Morgan fingerprint density at radius 2 is 1.81 bits per heavy atom. The molecule has 144 valence electrons. The highest BCUT2D eigenvalue weighted by atomic mass is 16.5. The van der Waals surface area contributed by atoms with Gasteiger partial charge in [0.1, 0.15) is 0 Å². The zero-order chi connectivity index (χ0) is 19.1. The number of ether oxygens (including phenoxy) is 2. The number of carbonyl (C=O) groups excluding carboxylic acids is 2. The minimum Gasteiger partial charge on any atom is -0.493 e. The Hall–Kier alpha value is -2.24. The molecule has 0 aliphatic carbocycles. The van der Waals surface area contributed by atoms with E-state index in [4.69, 9.17) is 9.47 Å². The summed E-state index contributed by atoms with van der Waals surface area (Å²) >= 11 is 0. The van der Waals surface area contributed by atoms with E-state index in [1.54, 1.807) is 14.2 Å². The number of carbonyl (C=O) groups is 2. The molecule has 1 aliphatic rings. The third-order valence-electron chi connectivity index (χ3n) is 4.72. The number of benzene rings is 1. The minimum atomic E-state index is -0.0294. The van der Waals surface area contributed by atoms with E-state index in [2.05, 4.69) is 5.32 Å². The van der Waals surface area contributed by atoms with Crippen molar-refractivity contribution < 1.29 is 19.1 Å². The van der Waals surface area contributed by atoms with Crippen LogP contribution in [-0.2, 0) is 16.1 Å². The Balaban J connectivity index is 1.81. The molecular weight excluding hydrogens is 332 g/mol. The van der Waals surface area contributed by atoms with Gasteiger partial charge in [-0.1, -0.05) is 19.9 Å². The highest BCUT2D eigenvalue weighted by Crippen LogP contribution is 2.27. The average Bonchev–Trinajstić information content (AvgIpc) is 2.65. The van der Waals surface area contributed by atoms with Gasteiger partial charge < -0.3 is 19.7 Å². The normalized spacial score (nSPS) is 15.0. The summed E-state index contributed by atoms with van der Waals surface area (Å²) in [6, 6.07) is 5.61. The quantitative estimate of drug-likeness (QED) is 0.810. The summed E-state index contributed by atoms with van der Waals surface area (Å²) in [5.74, 6) is 1.90. The molecule has 6 nitrogen and oxygen atoms in total. The van der Waals surface area contributed by atoms with Gasteiger partial charge in [0.25, 0.3) is 0 Å². The SMILES string of the molecule is COc1ccc(CNC(=O)C2CCN(C(=O)CC(C)C)CC2)cc1OC. The molecule has 0 spiro atoms. The van der Waals surface area contributed by atoms with Gasteiger partial charge in [-0.2, -0.15) is 0 Å². The van der Waals surface area contributed by atoms with E-state index in [0.29, 0.717) is 43.5 Å². The predicted molar refractivity (Wildman–Crippen MR) is 100 cm³/mol. The van der Waals surface area contributed by atoms with E-state index in [9.17, 15) is 9.59 Å². The van der Waals surface area contributed by atoms with Crippen LogP contribution < -0.4 is 14.8 Å². The van der Waals surface area contributed by atoms with Gasteiger partial charge in [-0.15, -0.1) is 0 Å². The average molecular weight is 362 g/mol. The van der Waals surface area contributed by atoms with Gasteiger partial charge in [-0.25, -0.2) is 0 Å². The molecule has 2 rings (SSSR count). The first-order valence-electron chi connectivity index (χ1n) is 9.21. The molecule has 1 heterocycles. The molecule has 6 heteroatoms. The second-order valence-corrected chi connectivity index (χ2v) is 7.16. The molecule has 0 radical (unpaired) electrons. The summed E-state index contributed by atoms with van der Waals surface area (Å²) in [6.45, 7) is 5.88. The number of likely N-dealkylation sites (tertiary alicyclic amines) is 1. The molecule has 0 aromatic heterocycles. The van der Waals surface area contributed by atoms with Crippen molar-refractivity contribution in [3.8, 4) is 11.5 Å². The van der Waals surface area contributed by atoms with Gasteiger partial charge in [-0.3, -0.25) is 9.59 Å². The molecule has 0 bridgehead atoms. The first-order valence-corrected chi connectivity index (χ1v) is 9.21. The Morgan fingerprint density at radius 1 is 1.15 bits per heavy atom. The molecule has 1 N–H and O–H groups in total. The largest absolute Gasteiger partial charge is 0.493 e. The second-order valence-electron chi connectivity index (χ2n) is 7.16. The summed E-state index contributed by atoms with van der Waals surface area (Å²) in [6.07, 6.45) is 2.03. The lowest BCUT2D eigenvalue weighted by molar-refractivity contribution is -0.136. The fraction of sp³-hybridized carbons (Fsp3) is 0.600. The predicted octanol–water partition coefficient (Wildman–Crippen LogP) is 2.60. The van der Waals surface area contributed by atoms with E-state index >= 15 is 0 Å². The van der Waals surface area contributed by atoms with Gasteiger partial charge in [-0.05, 0) is 36.5 Å². The number of methoxy groups -OCH3 is 2. The lowest BCUT2D eigenvalue weighted by atomic mass is 9.95. The zero-order valence-electron chi connectivity index (χ0n) is 16.2. The number of nitrogens with zero attached hydrogens (tertiary/aromatic N) is 1. The van der Waals surface area contributed by atoms with Crippen molar-refractivity contribution in [2.24, 2.45) is 11.8 Å². The molecule has 0 saturated carbocycles. The van der Waals surface area contributed by atoms with E-state index in [1.807, 2.05) is 36.9 Å². The monoisotopic (exact) mass is 362 g/mol. The molecule has 1 aliphatic heterocycles. The Bertz CT molecular complexity index is 622. The van der Waals surface area contributed by atoms with Crippen LogP contribution in [0.25, 0.3) is 0 Å². The van der Waals surface area contributed by atoms with Gasteiger partial charge in [0.2, 0.25) is 11.8 Å². The summed E-state index contributed by atoms with van der Waals surface area (Å²) < 4.78 is 10.5. The Morgan fingerprint density at radius 3 is 2.38 bits per heavy atom. The molecule has 1 aromatic carbocycles. The topological polar surface area (TPSA) is 67.9 Å². The summed E-state index contributed by atoms with van der Waals surface area (Å²) in [7, 11) is 3.19. The highest BCUT2D eigenvalue weighted by molar-refractivity contribution is 5.80. The number of piperidine rings is 1. The van der Waals surface area contributed by atoms with Crippen LogP contribution in [0.5, 0.6) is 11.5 Å². The van der Waals surface area contributed by atoms with Crippen LogP contribution in [0.4, 0.5) is 0 Å². The summed E-state index contributed by atoms with van der Waals surface area (Å²) in [5.41, 5.74) is 0.959. The van der Waals surface area contributed by atoms with E-state index in [-0.39, 0.29) is 17.7 Å². The van der Waals surface area contributed by atoms with Crippen LogP contribution in [0.15, 0.2) is 18.2 Å². The zero-order valence-corrected chi connectivity index (χ0v) is 16.2. The third-order valence-corrected chi connectivity index (χ3v) is 4.72. The molecular formula is C20H30N2O4. The number of hydrogen-bond acceptors (Lipinski definition) is 4. The molecule has 1 saturated heterocycles. The van der Waals surface area contributed by atoms with Crippen LogP contribution in [-0.4, -0.2) is 44.0 Å². The molecule has 0 atom stereocenters. The third kappa shape index (κ3) is 5.38. The first-order chi connectivity index (χ1) is 12.4. The second kappa shape index (κ2) is 9.46. The van der Waals surface area contributed by atoms with Crippen LogP contribution in [0.1, 0.15) is 38.7 Å². The van der Waals surface area contributed by atoms with Crippen LogP contribution in [0.2, 0.25) is 0 Å². The summed E-state index contributed by atoms with van der Waals surface area (Å²) in [4.78, 5) is 26.4. The van der Waals surface area contributed by atoms with Crippen LogP contribution in [0.3, 0.4) is 0 Å². The van der Waals surface area contributed by atoms with Gasteiger partial charge in [0.05, 0.1) is 14.2 Å². The van der Waals surface area contributed by atoms with Crippen LogP contribution >= 0.6 is 0 Å². The maximum absolute atomic E-state index is 12.4. The lowest BCUT2D eigenvalue weighted by Crippen LogP contribution is -2.43. The fourth-order valence-corrected chi connectivity index (χ4v) is 3.19. The standard InChI is InChI=1S/C20H30N2O4/c1-14(2)11-19(23)22-9-7-16(8-10-22)20(24)21-13-15-5-6-17(25-3)18(12-15)26-4/h5-6,12,14,16H,7-11,13H2,1-4H3,(H,21,24). The van der Waals surface area contributed by atoms with Crippen molar-refractivity contribution in [1.82, 2.24) is 10.2 Å². The Labute approximate surface area is 155 Å². The number of rotatable bonds is 7. The van der Waals surface area contributed by atoms with Gasteiger partial charge >= 0.3 is 0 Å². The lowest BCUT2D eigenvalue weighted by Gasteiger charge is -2.31. The van der Waals surface area contributed by atoms with Crippen molar-refractivity contribution in [3.05, 3.63) is 23.8 Å². The molecule has 1 aromatic rings. The summed E-state index contributed by atoms with van der Waals surface area (Å²) in [5, 5.41) is 2.99. The Kier molecular flexibility index (Phi) is 7.30. The first kappa shape index (κ1) is 20.1. The van der Waals surface area contributed by atoms with Gasteiger partial charge in [0, 0.05) is 32.0 Å². The maximum atomic E-state index is 12.4. The highest BCUT2D eigenvalue weighted by Gasteiger charge is 2.27. The van der Waals surface area contributed by atoms with Gasteiger partial charge in [0.15, 0.2) is 11.5 Å². The minimum absolute atomic E-state index is 0.0294. The van der Waals surface area contributed by atoms with E-state index in [1.165, 1.54) is 0 Å². The van der Waals surface area contributed by atoms with Crippen molar-refractivity contribution in [2.45, 2.75) is 39.7 Å². The van der Waals surface area contributed by atoms with E-state index < -0.39 is 0 Å². The smallest absolute Gasteiger partial charge is 0.223 e.